The Balaban J connectivity index is 1.31. The molecule has 1 saturated heterocycles. The fraction of sp³-hybridized carbons (Fsp3) is 0.351. The number of pyridine rings is 2. The Labute approximate surface area is 301 Å². The molecule has 5 heterocycles. The van der Waals surface area contributed by atoms with E-state index in [-0.39, 0.29) is 35.5 Å². The van der Waals surface area contributed by atoms with E-state index < -0.39 is 17.5 Å². The van der Waals surface area contributed by atoms with Crippen molar-refractivity contribution in [2.45, 2.75) is 58.5 Å². The summed E-state index contributed by atoms with van der Waals surface area (Å²) in [5.74, 6) is 3.28. The van der Waals surface area contributed by atoms with E-state index in [1.165, 1.54) is 22.1 Å². The maximum absolute atomic E-state index is 14.1. The fourth-order valence-corrected chi connectivity index (χ4v) is 7.77. The Kier molecular flexibility index (Phi) is 10.4. The summed E-state index contributed by atoms with van der Waals surface area (Å²) in [6, 6.07) is 9.27. The molecule has 0 amide bonds. The van der Waals surface area contributed by atoms with Crippen molar-refractivity contribution in [2.24, 2.45) is 0 Å². The van der Waals surface area contributed by atoms with Gasteiger partial charge >= 0.3 is 5.97 Å². The summed E-state index contributed by atoms with van der Waals surface area (Å²) in [4.78, 5) is 43.4. The van der Waals surface area contributed by atoms with Gasteiger partial charge in [-0.3, -0.25) is 14.3 Å². The molecule has 262 valence electrons. The summed E-state index contributed by atoms with van der Waals surface area (Å²) in [6.07, 6.45) is 4.30. The molecule has 51 heavy (non-hydrogen) atoms. The Morgan fingerprint density at radius 2 is 1.98 bits per heavy atom. The number of carboxylic acids is 1. The molecule has 10 nitrogen and oxygen atoms in total. The normalized spacial score (nSPS) is 14.0. The van der Waals surface area contributed by atoms with Crippen molar-refractivity contribution in [3.05, 3.63) is 79.9 Å². The Morgan fingerprint density at radius 1 is 1.22 bits per heavy atom. The lowest BCUT2D eigenvalue weighted by Gasteiger charge is -2.39. The van der Waals surface area contributed by atoms with Gasteiger partial charge in [0.05, 0.1) is 39.4 Å². The van der Waals surface area contributed by atoms with Crippen molar-refractivity contribution >= 4 is 55.8 Å². The number of hydrogen-bond donors (Lipinski definition) is 1. The highest BCUT2D eigenvalue weighted by Crippen LogP contribution is 2.36. The molecule has 0 radical (unpaired) electrons. The molecule has 0 atom stereocenters. The average molecular weight is 730 g/mol. The topological polar surface area (TPSA) is 128 Å². The maximum Gasteiger partial charge on any atom is 0.338 e. The van der Waals surface area contributed by atoms with Crippen LogP contribution in [0.4, 0.5) is 14.6 Å². The predicted molar refractivity (Wildman–Crippen MR) is 195 cm³/mol. The third-order valence-electron chi connectivity index (χ3n) is 9.18. The van der Waals surface area contributed by atoms with Crippen LogP contribution in [0.25, 0.3) is 32.2 Å². The van der Waals surface area contributed by atoms with Gasteiger partial charge in [-0.15, -0.1) is 11.3 Å². The molecular formula is C37H34ClF2N7O3S. The molecule has 1 N–H and O–H groups in total. The zero-order valence-corrected chi connectivity index (χ0v) is 29.8. The smallest absolute Gasteiger partial charge is 0.338 e. The lowest BCUT2D eigenvalue weighted by molar-refractivity contribution is 0.00121. The van der Waals surface area contributed by atoms with E-state index in [0.717, 1.165) is 12.5 Å². The van der Waals surface area contributed by atoms with Gasteiger partial charge in [-0.05, 0) is 57.9 Å². The quantitative estimate of drug-likeness (QED) is 0.160. The van der Waals surface area contributed by atoms with E-state index in [9.17, 15) is 28.7 Å². The summed E-state index contributed by atoms with van der Waals surface area (Å²) in [5.41, 5.74) is 2.58. The number of alkyl halides is 2. The molecule has 1 fully saturated rings. The highest BCUT2D eigenvalue weighted by Gasteiger charge is 2.30. The number of benzene rings is 1. The number of hydrogen-bond acceptors (Lipinski definition) is 9. The zero-order valence-electron chi connectivity index (χ0n) is 28.2. The van der Waals surface area contributed by atoms with E-state index in [0.29, 0.717) is 82.5 Å². The van der Waals surface area contributed by atoms with Crippen molar-refractivity contribution in [1.82, 2.24) is 24.4 Å². The number of rotatable bonds is 9. The van der Waals surface area contributed by atoms with Crippen LogP contribution in [0.5, 0.6) is 0 Å². The summed E-state index contributed by atoms with van der Waals surface area (Å²) in [6.45, 7) is 6.74. The van der Waals surface area contributed by atoms with Crippen LogP contribution in [0.15, 0.2) is 46.8 Å². The molecule has 5 aromatic rings. The molecule has 4 aromatic heterocycles. The van der Waals surface area contributed by atoms with Crippen LogP contribution in [-0.2, 0) is 6.54 Å². The summed E-state index contributed by atoms with van der Waals surface area (Å²) < 4.78 is 29.0. The highest BCUT2D eigenvalue weighted by molar-refractivity contribution is 7.18. The second-order valence-corrected chi connectivity index (χ2v) is 13.9. The number of fused-ring (bicyclic) bond motifs is 2. The summed E-state index contributed by atoms with van der Waals surface area (Å²) in [5, 5.41) is 22.2. The number of carboxylic acid groups (broad SMARTS) is 1. The lowest BCUT2D eigenvalue weighted by Crippen LogP contribution is -2.46. The molecule has 0 spiro atoms. The van der Waals surface area contributed by atoms with Crippen molar-refractivity contribution in [3.8, 4) is 29.0 Å². The number of thiophene rings is 1. The van der Waals surface area contributed by atoms with E-state index in [1.807, 2.05) is 16.7 Å². The molecule has 0 aliphatic carbocycles. The van der Waals surface area contributed by atoms with Gasteiger partial charge in [-0.2, -0.15) is 5.26 Å². The molecule has 1 aliphatic heterocycles. The third kappa shape index (κ3) is 7.42. The van der Waals surface area contributed by atoms with E-state index in [2.05, 4.69) is 32.9 Å². The predicted octanol–water partition coefficient (Wildman–Crippen LogP) is 6.99. The van der Waals surface area contributed by atoms with Crippen LogP contribution in [0.1, 0.15) is 60.4 Å². The molecule has 1 aliphatic rings. The van der Waals surface area contributed by atoms with Crippen LogP contribution in [0.3, 0.4) is 0 Å². The molecular weight excluding hydrogens is 696 g/mol. The SMILES string of the molecule is CCN(c1ncc2nc(C)n(CC#Cc3ccc(Cl)cc3-c3ccnc4c(C(=O)O)csc34)c(=O)c2c1C#N)C1CCN(CCC(C)(F)F)CC1. The van der Waals surface area contributed by atoms with E-state index >= 15 is 0 Å². The molecule has 0 unspecified atom stereocenters. The van der Waals surface area contributed by atoms with Crippen molar-refractivity contribution < 1.29 is 18.7 Å². The van der Waals surface area contributed by atoms with Gasteiger partial charge in [0.25, 0.3) is 5.56 Å². The Bertz CT molecular complexity index is 2310. The number of anilines is 1. The van der Waals surface area contributed by atoms with Crippen molar-refractivity contribution in [1.29, 1.82) is 5.26 Å². The first-order chi connectivity index (χ1) is 24.4. The van der Waals surface area contributed by atoms with Crippen LogP contribution in [0, 0.1) is 30.1 Å². The number of carbonyl (C=O) groups is 1. The number of aryl methyl sites for hydroxylation is 1. The van der Waals surface area contributed by atoms with Gasteiger partial charge in [0.1, 0.15) is 23.3 Å². The van der Waals surface area contributed by atoms with Gasteiger partial charge < -0.3 is 14.9 Å². The van der Waals surface area contributed by atoms with Gasteiger partial charge in [-0.1, -0.05) is 23.4 Å². The number of aromatic carboxylic acids is 1. The van der Waals surface area contributed by atoms with Crippen LogP contribution >= 0.6 is 22.9 Å². The minimum Gasteiger partial charge on any atom is -0.478 e. The lowest BCUT2D eigenvalue weighted by atomic mass is 10.00. The first-order valence-corrected chi connectivity index (χ1v) is 17.7. The third-order valence-corrected chi connectivity index (χ3v) is 10.4. The largest absolute Gasteiger partial charge is 0.478 e. The minimum absolute atomic E-state index is 0.0150. The average Bonchev–Trinajstić information content (AvgIpc) is 3.55. The first-order valence-electron chi connectivity index (χ1n) is 16.5. The molecule has 6 rings (SSSR count). The number of aromatic nitrogens is 4. The molecule has 1 aromatic carbocycles. The number of nitriles is 1. The number of halogens is 3. The number of nitrogens with zero attached hydrogens (tertiary/aromatic N) is 7. The zero-order chi connectivity index (χ0) is 36.4. The van der Waals surface area contributed by atoms with Crippen LogP contribution < -0.4 is 10.5 Å². The number of likely N-dealkylation sites (tertiary alicyclic amines) is 1. The van der Waals surface area contributed by atoms with Gasteiger partial charge in [0.2, 0.25) is 5.92 Å². The van der Waals surface area contributed by atoms with Crippen molar-refractivity contribution in [2.75, 3.05) is 31.1 Å². The highest BCUT2D eigenvalue weighted by atomic mass is 35.5. The van der Waals surface area contributed by atoms with E-state index in [1.54, 1.807) is 42.8 Å². The van der Waals surface area contributed by atoms with Gasteiger partial charge in [0, 0.05) is 71.9 Å². The van der Waals surface area contributed by atoms with Crippen LogP contribution in [-0.4, -0.2) is 73.6 Å². The Hall–Kier alpha value is -4.95. The summed E-state index contributed by atoms with van der Waals surface area (Å²) >= 11 is 7.66. The summed E-state index contributed by atoms with van der Waals surface area (Å²) in [7, 11) is 0. The van der Waals surface area contributed by atoms with Gasteiger partial charge in [0.15, 0.2) is 0 Å². The fourth-order valence-electron chi connectivity index (χ4n) is 6.57. The standard InChI is InChI=1S/C37H34ClF2N7O3S/c1-4-46(25-10-15-45(16-11-25)17-12-37(3,39)40)34-28(19-41)31-30(20-43-34)44-22(2)47(35(31)48)14-5-6-23-7-8-24(38)18-27(23)26-9-13-42-32-29(36(49)50)21-51-33(26)32/h7-9,13,18,20-21,25H,4,10-12,14-17H2,1-3H3,(H,49,50). The number of piperidine rings is 1. The Morgan fingerprint density at radius 3 is 2.67 bits per heavy atom. The van der Waals surface area contributed by atoms with Gasteiger partial charge in [-0.25, -0.2) is 23.5 Å². The van der Waals surface area contributed by atoms with E-state index in [4.69, 9.17) is 11.6 Å². The second-order valence-electron chi connectivity index (χ2n) is 12.5. The van der Waals surface area contributed by atoms with Crippen molar-refractivity contribution in [3.63, 3.8) is 0 Å². The molecule has 0 bridgehead atoms. The second kappa shape index (κ2) is 14.7. The molecule has 14 heteroatoms. The first kappa shape index (κ1) is 35.9. The minimum atomic E-state index is -2.71. The maximum atomic E-state index is 14.1. The molecule has 0 saturated carbocycles. The monoisotopic (exact) mass is 729 g/mol. The van der Waals surface area contributed by atoms with Crippen LogP contribution in [0.2, 0.25) is 5.02 Å².